The predicted molar refractivity (Wildman–Crippen MR) is 112 cm³/mol. The number of thiazole rings is 1. The van der Waals surface area contributed by atoms with Crippen LogP contribution in [0, 0.1) is 5.92 Å². The Bertz CT molecular complexity index is 1100. The van der Waals surface area contributed by atoms with Crippen molar-refractivity contribution < 1.29 is 27.2 Å². The van der Waals surface area contributed by atoms with E-state index in [0.717, 1.165) is 17.0 Å². The van der Waals surface area contributed by atoms with E-state index < -0.39 is 11.7 Å². The van der Waals surface area contributed by atoms with Gasteiger partial charge in [-0.25, -0.2) is 4.98 Å². The minimum Gasteiger partial charge on any atom is -0.459 e. The average Bonchev–Trinajstić information content (AvgIpc) is 3.45. The number of piperidine rings is 1. The van der Waals surface area contributed by atoms with Crippen molar-refractivity contribution in [3.8, 4) is 0 Å². The molecule has 1 saturated heterocycles. The number of anilines is 1. The highest BCUT2D eigenvalue weighted by atomic mass is 32.1. The zero-order valence-electron chi connectivity index (χ0n) is 16.9. The summed E-state index contributed by atoms with van der Waals surface area (Å²) in [4.78, 5) is 31.7. The molecular weight excluding hydrogens is 443 g/mol. The van der Waals surface area contributed by atoms with Crippen molar-refractivity contribution in [1.82, 2.24) is 9.88 Å². The molecule has 0 aliphatic carbocycles. The number of likely N-dealkylation sites (tertiary alicyclic amines) is 1. The molecule has 0 saturated carbocycles. The third-order valence-electron chi connectivity index (χ3n) is 5.23. The Hall–Kier alpha value is -3.14. The zero-order chi connectivity index (χ0) is 22.7. The highest BCUT2D eigenvalue weighted by Gasteiger charge is 2.31. The van der Waals surface area contributed by atoms with Gasteiger partial charge in [0.25, 0.3) is 5.91 Å². The smallest absolute Gasteiger partial charge is 0.416 e. The molecule has 0 radical (unpaired) electrons. The Morgan fingerprint density at radius 3 is 2.84 bits per heavy atom. The maximum absolute atomic E-state index is 12.9. The van der Waals surface area contributed by atoms with Crippen molar-refractivity contribution in [3.63, 3.8) is 0 Å². The lowest BCUT2D eigenvalue weighted by molar-refractivity contribution is -0.137. The van der Waals surface area contributed by atoms with Crippen LogP contribution in [0.25, 0.3) is 0 Å². The van der Waals surface area contributed by atoms with Crippen LogP contribution in [-0.4, -0.2) is 34.8 Å². The van der Waals surface area contributed by atoms with Crippen LogP contribution < -0.4 is 5.32 Å². The first kappa shape index (κ1) is 22.1. The lowest BCUT2D eigenvalue weighted by Crippen LogP contribution is -2.43. The summed E-state index contributed by atoms with van der Waals surface area (Å²) in [6.45, 7) is 0.843. The maximum Gasteiger partial charge on any atom is 0.416 e. The van der Waals surface area contributed by atoms with E-state index in [0.29, 0.717) is 30.1 Å². The van der Waals surface area contributed by atoms with Gasteiger partial charge in [0.05, 0.1) is 17.7 Å². The second-order valence-electron chi connectivity index (χ2n) is 7.56. The molecule has 1 atom stereocenters. The van der Waals surface area contributed by atoms with Gasteiger partial charge in [-0.1, -0.05) is 18.2 Å². The second-order valence-corrected chi connectivity index (χ2v) is 8.68. The van der Waals surface area contributed by atoms with Gasteiger partial charge in [0.1, 0.15) is 0 Å². The third kappa shape index (κ3) is 5.18. The molecule has 1 fully saturated rings. The Balaban J connectivity index is 1.36. The number of rotatable bonds is 5. The van der Waals surface area contributed by atoms with Crippen molar-refractivity contribution in [2.24, 2.45) is 5.92 Å². The van der Waals surface area contributed by atoms with Crippen molar-refractivity contribution >= 4 is 28.3 Å². The van der Waals surface area contributed by atoms with Crippen LogP contribution in [-0.2, 0) is 17.4 Å². The minimum absolute atomic E-state index is 0.234. The highest BCUT2D eigenvalue weighted by molar-refractivity contribution is 7.15. The van der Waals surface area contributed by atoms with Gasteiger partial charge in [-0.2, -0.15) is 13.2 Å². The Morgan fingerprint density at radius 2 is 2.09 bits per heavy atom. The summed E-state index contributed by atoms with van der Waals surface area (Å²) >= 11 is 1.22. The molecule has 32 heavy (non-hydrogen) atoms. The minimum atomic E-state index is -4.39. The molecule has 10 heteroatoms. The lowest BCUT2D eigenvalue weighted by atomic mass is 9.97. The fourth-order valence-electron chi connectivity index (χ4n) is 3.64. The predicted octanol–water partition coefficient (Wildman–Crippen LogP) is 4.84. The van der Waals surface area contributed by atoms with Crippen molar-refractivity contribution in [3.05, 3.63) is 70.6 Å². The molecule has 1 aliphatic rings. The van der Waals surface area contributed by atoms with Gasteiger partial charge in [-0.3, -0.25) is 9.59 Å². The van der Waals surface area contributed by atoms with Crippen LogP contribution in [0.15, 0.2) is 53.3 Å². The first-order chi connectivity index (χ1) is 15.3. The second kappa shape index (κ2) is 9.15. The number of nitrogens with one attached hydrogen (secondary N) is 1. The van der Waals surface area contributed by atoms with Crippen LogP contribution in [0.3, 0.4) is 0 Å². The molecule has 2 aromatic heterocycles. The van der Waals surface area contributed by atoms with Crippen molar-refractivity contribution in [1.29, 1.82) is 0 Å². The number of carbonyl (C=O) groups is 2. The summed E-state index contributed by atoms with van der Waals surface area (Å²) in [6, 6.07) is 8.38. The topological polar surface area (TPSA) is 75.4 Å². The molecule has 3 aromatic rings. The van der Waals surface area contributed by atoms with E-state index in [1.165, 1.54) is 23.7 Å². The van der Waals surface area contributed by atoms with Crippen molar-refractivity contribution in [2.75, 3.05) is 18.4 Å². The van der Waals surface area contributed by atoms with Gasteiger partial charge in [0.2, 0.25) is 5.91 Å². The summed E-state index contributed by atoms with van der Waals surface area (Å²) in [5.74, 6) is -0.615. The molecule has 1 aliphatic heterocycles. The molecule has 0 bridgehead atoms. The standard InChI is InChI=1S/C22H20F3N3O3S/c23-22(24,25)16-6-1-4-14(10-16)11-17-12-26-21(32-17)27-19(29)15-5-2-8-28(13-15)20(30)18-7-3-9-31-18/h1,3-4,6-7,9-10,12,15H,2,5,8,11,13H2,(H,26,27,29)/t15-/m0/s1. The molecule has 0 unspecified atom stereocenters. The highest BCUT2D eigenvalue weighted by Crippen LogP contribution is 2.31. The quantitative estimate of drug-likeness (QED) is 0.588. The number of aromatic nitrogens is 1. The Labute approximate surface area is 186 Å². The van der Waals surface area contributed by atoms with Crippen LogP contribution in [0.5, 0.6) is 0 Å². The van der Waals surface area contributed by atoms with Crippen LogP contribution in [0.1, 0.15) is 39.4 Å². The van der Waals surface area contributed by atoms with Crippen molar-refractivity contribution in [2.45, 2.75) is 25.4 Å². The first-order valence-corrected chi connectivity index (χ1v) is 10.9. The average molecular weight is 463 g/mol. The van der Waals surface area contributed by atoms with Gasteiger partial charge in [-0.15, -0.1) is 11.3 Å². The van der Waals surface area contributed by atoms with Crippen LogP contribution >= 0.6 is 11.3 Å². The molecule has 2 amide bonds. The van der Waals surface area contributed by atoms with Gasteiger partial charge in [0, 0.05) is 30.6 Å². The Kier molecular flexibility index (Phi) is 6.31. The zero-order valence-corrected chi connectivity index (χ0v) is 17.7. The van der Waals surface area contributed by atoms with E-state index in [9.17, 15) is 22.8 Å². The normalized spacial score (nSPS) is 16.7. The molecule has 1 N–H and O–H groups in total. The molecule has 6 nitrogen and oxygen atoms in total. The molecular formula is C22H20F3N3O3S. The summed E-state index contributed by atoms with van der Waals surface area (Å²) in [5, 5.41) is 3.16. The number of nitrogens with zero attached hydrogens (tertiary/aromatic N) is 2. The number of amides is 2. The van der Waals surface area contributed by atoms with E-state index in [1.807, 2.05) is 0 Å². The number of furan rings is 1. The molecule has 0 spiro atoms. The van der Waals surface area contributed by atoms with E-state index in [1.54, 1.807) is 29.3 Å². The maximum atomic E-state index is 12.9. The summed E-state index contributed by atoms with van der Waals surface area (Å²) in [6.07, 6.45) is 0.218. The Morgan fingerprint density at radius 1 is 1.25 bits per heavy atom. The summed E-state index contributed by atoms with van der Waals surface area (Å²) in [5.41, 5.74) is -0.181. The molecule has 168 valence electrons. The van der Waals surface area contributed by atoms with Gasteiger partial charge in [-0.05, 0) is 36.6 Å². The monoisotopic (exact) mass is 463 g/mol. The number of hydrogen-bond donors (Lipinski definition) is 1. The summed E-state index contributed by atoms with van der Waals surface area (Å²) < 4.78 is 43.9. The fraction of sp³-hybridized carbons (Fsp3) is 0.318. The summed E-state index contributed by atoms with van der Waals surface area (Å²) in [7, 11) is 0. The molecule has 3 heterocycles. The van der Waals surface area contributed by atoms with Gasteiger partial charge < -0.3 is 14.6 Å². The third-order valence-corrected chi connectivity index (χ3v) is 6.14. The molecule has 1 aromatic carbocycles. The number of carbonyl (C=O) groups excluding carboxylic acids is 2. The van der Waals surface area contributed by atoms with E-state index in [2.05, 4.69) is 10.3 Å². The molecule has 4 rings (SSSR count). The van der Waals surface area contributed by atoms with Crippen LogP contribution in [0.2, 0.25) is 0 Å². The van der Waals surface area contributed by atoms with Crippen LogP contribution in [0.4, 0.5) is 18.3 Å². The lowest BCUT2D eigenvalue weighted by Gasteiger charge is -2.31. The number of halogens is 3. The number of hydrogen-bond acceptors (Lipinski definition) is 5. The van der Waals surface area contributed by atoms with E-state index in [-0.39, 0.29) is 36.5 Å². The van der Waals surface area contributed by atoms with Gasteiger partial charge in [0.15, 0.2) is 10.9 Å². The van der Waals surface area contributed by atoms with E-state index in [4.69, 9.17) is 4.42 Å². The fourth-order valence-corrected chi connectivity index (χ4v) is 4.49. The van der Waals surface area contributed by atoms with E-state index >= 15 is 0 Å². The first-order valence-electron chi connectivity index (χ1n) is 10.0. The largest absolute Gasteiger partial charge is 0.459 e. The van der Waals surface area contributed by atoms with Gasteiger partial charge >= 0.3 is 6.18 Å². The SMILES string of the molecule is O=C(Nc1ncc(Cc2cccc(C(F)(F)F)c2)s1)[C@H]1CCCN(C(=O)c2ccco2)C1. The number of benzene rings is 1. The number of alkyl halides is 3.